The zero-order valence-corrected chi connectivity index (χ0v) is 13.8. The van der Waals surface area contributed by atoms with Gasteiger partial charge in [0.15, 0.2) is 6.61 Å². The van der Waals surface area contributed by atoms with Crippen LogP contribution in [0.1, 0.15) is 21.5 Å². The Balaban J connectivity index is 1.71. The van der Waals surface area contributed by atoms with Crippen molar-refractivity contribution in [2.75, 3.05) is 19.0 Å². The Morgan fingerprint density at radius 1 is 1.19 bits per heavy atom. The standard InChI is InChI=1S/C18H15F3N2O3/c1-23(9-11-2-5-13(6-3-11)18(19,20)21)17(25)12-4-7-14-15(8-12)26-10-16(24)22-14/h2-8H,9-10H2,1H3,(H,22,24). The SMILES string of the molecule is CN(Cc1ccc(C(F)(F)F)cc1)C(=O)c1ccc2c(c1)OCC(=O)N2. The summed E-state index contributed by atoms with van der Waals surface area (Å²) in [5.74, 6) is -0.178. The van der Waals surface area contributed by atoms with Gasteiger partial charge < -0.3 is 15.0 Å². The van der Waals surface area contributed by atoms with Crippen molar-refractivity contribution in [2.24, 2.45) is 0 Å². The lowest BCUT2D eigenvalue weighted by atomic mass is 10.1. The minimum atomic E-state index is -4.39. The zero-order valence-electron chi connectivity index (χ0n) is 13.8. The minimum absolute atomic E-state index is 0.119. The van der Waals surface area contributed by atoms with E-state index in [2.05, 4.69) is 5.32 Å². The van der Waals surface area contributed by atoms with Gasteiger partial charge in [-0.2, -0.15) is 13.2 Å². The average Bonchev–Trinajstić information content (AvgIpc) is 2.60. The van der Waals surface area contributed by atoms with E-state index in [-0.39, 0.29) is 25.0 Å². The molecular weight excluding hydrogens is 349 g/mol. The maximum Gasteiger partial charge on any atom is 0.416 e. The van der Waals surface area contributed by atoms with Crippen molar-refractivity contribution < 1.29 is 27.5 Å². The average molecular weight is 364 g/mol. The summed E-state index contributed by atoms with van der Waals surface area (Å²) >= 11 is 0. The van der Waals surface area contributed by atoms with Gasteiger partial charge in [-0.15, -0.1) is 0 Å². The first kappa shape index (κ1) is 17.8. The van der Waals surface area contributed by atoms with Crippen molar-refractivity contribution in [1.29, 1.82) is 0 Å². The summed E-state index contributed by atoms with van der Waals surface area (Å²) in [7, 11) is 1.56. The molecule has 0 atom stereocenters. The Kier molecular flexibility index (Phi) is 4.58. The molecule has 0 unspecified atom stereocenters. The largest absolute Gasteiger partial charge is 0.482 e. The van der Waals surface area contributed by atoms with Gasteiger partial charge in [-0.3, -0.25) is 9.59 Å². The van der Waals surface area contributed by atoms with Crippen LogP contribution in [0.15, 0.2) is 42.5 Å². The predicted octanol–water partition coefficient (Wildman–Crippen LogP) is 3.31. The molecule has 1 N–H and O–H groups in total. The van der Waals surface area contributed by atoms with E-state index in [0.717, 1.165) is 12.1 Å². The molecule has 26 heavy (non-hydrogen) atoms. The fraction of sp³-hybridized carbons (Fsp3) is 0.222. The first-order chi connectivity index (χ1) is 12.2. The molecule has 2 aromatic rings. The van der Waals surface area contributed by atoms with Crippen LogP contribution in [-0.4, -0.2) is 30.4 Å². The molecule has 0 bridgehead atoms. The fourth-order valence-electron chi connectivity index (χ4n) is 2.57. The Bertz CT molecular complexity index is 848. The normalized spacial score (nSPS) is 13.5. The number of amides is 2. The van der Waals surface area contributed by atoms with Crippen molar-refractivity contribution >= 4 is 17.5 Å². The Labute approximate surface area is 147 Å². The van der Waals surface area contributed by atoms with Crippen molar-refractivity contribution in [2.45, 2.75) is 12.7 Å². The molecule has 0 fully saturated rings. The van der Waals surface area contributed by atoms with Crippen LogP contribution in [0.4, 0.5) is 18.9 Å². The number of hydrogen-bond acceptors (Lipinski definition) is 3. The lowest BCUT2D eigenvalue weighted by Crippen LogP contribution is -2.28. The van der Waals surface area contributed by atoms with Crippen LogP contribution >= 0.6 is 0 Å². The highest BCUT2D eigenvalue weighted by Crippen LogP contribution is 2.30. The highest BCUT2D eigenvalue weighted by molar-refractivity contribution is 5.98. The molecular formula is C18H15F3N2O3. The molecule has 0 aromatic heterocycles. The summed E-state index contributed by atoms with van der Waals surface area (Å²) in [5, 5.41) is 2.63. The summed E-state index contributed by atoms with van der Waals surface area (Å²) in [4.78, 5) is 25.2. The van der Waals surface area contributed by atoms with Crippen LogP contribution in [0.25, 0.3) is 0 Å². The molecule has 2 amide bonds. The highest BCUT2D eigenvalue weighted by atomic mass is 19.4. The summed E-state index contributed by atoms with van der Waals surface area (Å²) in [6.07, 6.45) is -4.39. The summed E-state index contributed by atoms with van der Waals surface area (Å²) in [6.45, 7) is 0.0394. The van der Waals surface area contributed by atoms with E-state index in [1.807, 2.05) is 0 Å². The van der Waals surface area contributed by atoms with Crippen molar-refractivity contribution in [3.63, 3.8) is 0 Å². The number of halogens is 3. The number of hydrogen-bond donors (Lipinski definition) is 1. The van der Waals surface area contributed by atoms with Gasteiger partial charge in [0.1, 0.15) is 5.75 Å². The van der Waals surface area contributed by atoms with Crippen LogP contribution in [0, 0.1) is 0 Å². The molecule has 5 nitrogen and oxygen atoms in total. The van der Waals surface area contributed by atoms with Gasteiger partial charge in [0.25, 0.3) is 11.8 Å². The van der Waals surface area contributed by atoms with Gasteiger partial charge >= 0.3 is 6.18 Å². The van der Waals surface area contributed by atoms with E-state index in [9.17, 15) is 22.8 Å². The second kappa shape index (κ2) is 6.70. The number of nitrogens with one attached hydrogen (secondary N) is 1. The molecule has 1 heterocycles. The second-order valence-electron chi connectivity index (χ2n) is 5.90. The van der Waals surface area contributed by atoms with E-state index >= 15 is 0 Å². The van der Waals surface area contributed by atoms with E-state index in [4.69, 9.17) is 4.74 Å². The maximum absolute atomic E-state index is 12.6. The first-order valence-corrected chi connectivity index (χ1v) is 7.72. The Hall–Kier alpha value is -3.03. The van der Waals surface area contributed by atoms with E-state index in [1.54, 1.807) is 19.2 Å². The topological polar surface area (TPSA) is 58.6 Å². The lowest BCUT2D eigenvalue weighted by molar-refractivity contribution is -0.137. The third kappa shape index (κ3) is 3.79. The molecule has 136 valence electrons. The summed E-state index contributed by atoms with van der Waals surface area (Å²) in [6, 6.07) is 9.33. The molecule has 0 spiro atoms. The molecule has 3 rings (SSSR count). The minimum Gasteiger partial charge on any atom is -0.482 e. The third-order valence-electron chi connectivity index (χ3n) is 3.91. The lowest BCUT2D eigenvalue weighted by Gasteiger charge is -2.21. The zero-order chi connectivity index (χ0) is 18.9. The van der Waals surface area contributed by atoms with Crippen LogP contribution in [0.5, 0.6) is 5.75 Å². The van der Waals surface area contributed by atoms with Crippen LogP contribution in [0.3, 0.4) is 0 Å². The van der Waals surface area contributed by atoms with Gasteiger partial charge in [-0.1, -0.05) is 12.1 Å². The number of benzene rings is 2. The van der Waals surface area contributed by atoms with Gasteiger partial charge in [0.2, 0.25) is 0 Å². The summed E-state index contributed by atoms with van der Waals surface area (Å²) < 4.78 is 43.1. The third-order valence-corrected chi connectivity index (χ3v) is 3.91. The number of anilines is 1. The smallest absolute Gasteiger partial charge is 0.416 e. The van der Waals surface area contributed by atoms with Crippen molar-refractivity contribution in [3.05, 3.63) is 59.2 Å². The number of carbonyl (C=O) groups is 2. The number of nitrogens with zero attached hydrogens (tertiary/aromatic N) is 1. The van der Waals surface area contributed by atoms with Gasteiger partial charge in [-0.05, 0) is 35.9 Å². The van der Waals surface area contributed by atoms with Crippen molar-refractivity contribution in [1.82, 2.24) is 4.90 Å². The summed E-state index contributed by atoms with van der Waals surface area (Å²) in [5.41, 5.74) is 0.692. The first-order valence-electron chi connectivity index (χ1n) is 7.72. The number of fused-ring (bicyclic) bond motifs is 1. The van der Waals surface area contributed by atoms with Crippen LogP contribution in [0.2, 0.25) is 0 Å². The van der Waals surface area contributed by atoms with Gasteiger partial charge in [0, 0.05) is 19.2 Å². The molecule has 8 heteroatoms. The quantitative estimate of drug-likeness (QED) is 0.909. The fourth-order valence-corrected chi connectivity index (χ4v) is 2.57. The molecule has 1 aliphatic rings. The number of alkyl halides is 3. The maximum atomic E-state index is 12.6. The molecule has 0 saturated carbocycles. The van der Waals surface area contributed by atoms with Crippen LogP contribution < -0.4 is 10.1 Å². The Morgan fingerprint density at radius 2 is 1.88 bits per heavy atom. The van der Waals surface area contributed by atoms with E-state index in [1.165, 1.54) is 23.1 Å². The van der Waals surface area contributed by atoms with Gasteiger partial charge in [-0.25, -0.2) is 0 Å². The van der Waals surface area contributed by atoms with E-state index in [0.29, 0.717) is 22.6 Å². The van der Waals surface area contributed by atoms with Gasteiger partial charge in [0.05, 0.1) is 11.3 Å². The second-order valence-corrected chi connectivity index (χ2v) is 5.90. The van der Waals surface area contributed by atoms with Crippen molar-refractivity contribution in [3.8, 4) is 5.75 Å². The molecule has 0 saturated heterocycles. The number of ether oxygens (including phenoxy) is 1. The molecule has 1 aliphatic heterocycles. The highest BCUT2D eigenvalue weighted by Gasteiger charge is 2.30. The number of rotatable bonds is 3. The number of carbonyl (C=O) groups excluding carboxylic acids is 2. The van der Waals surface area contributed by atoms with Crippen LogP contribution in [-0.2, 0) is 17.5 Å². The van der Waals surface area contributed by atoms with E-state index < -0.39 is 11.7 Å². The Morgan fingerprint density at radius 3 is 2.54 bits per heavy atom. The predicted molar refractivity (Wildman–Crippen MR) is 87.8 cm³/mol. The molecule has 2 aromatic carbocycles. The molecule has 0 radical (unpaired) electrons. The monoisotopic (exact) mass is 364 g/mol. The molecule has 0 aliphatic carbocycles.